The summed E-state index contributed by atoms with van der Waals surface area (Å²) in [5, 5.41) is 10.4. The van der Waals surface area contributed by atoms with E-state index >= 15 is 0 Å². The van der Waals surface area contributed by atoms with E-state index in [2.05, 4.69) is 14.9 Å². The molecule has 0 saturated heterocycles. The molecule has 0 rings (SSSR count). The Kier molecular flexibility index (Phi) is 6.64. The van der Waals surface area contributed by atoms with Gasteiger partial charge in [-0.2, -0.15) is 0 Å². The normalized spacial score (nSPS) is 9.13. The quantitative estimate of drug-likeness (QED) is 0.385. The molecule has 0 fully saturated rings. The van der Waals surface area contributed by atoms with Gasteiger partial charge in [-0.15, -0.1) is 0 Å². The fourth-order valence-electron chi connectivity index (χ4n) is 0.580. The number of hydrogen-bond acceptors (Lipinski definition) is 5. The summed E-state index contributed by atoms with van der Waals surface area (Å²) >= 11 is 0. The Labute approximate surface area is 85.5 Å². The van der Waals surface area contributed by atoms with Gasteiger partial charge in [-0.3, -0.25) is 9.63 Å². The zero-order valence-corrected chi connectivity index (χ0v) is 8.11. The molecule has 0 aliphatic heterocycles. The molecule has 86 valence electrons. The molecule has 0 aromatic heterocycles. The number of rotatable bonds is 6. The standard InChI is InChI=1S/C7H12N2O6/c1-14-6(12)2-3-8-7(13)9-15-4-5(10)11/h2-4H2,1H3,(H,10,11)(H2,8,9,13). The summed E-state index contributed by atoms with van der Waals surface area (Å²) in [6.07, 6.45) is 0.0306. The van der Waals surface area contributed by atoms with E-state index in [1.54, 1.807) is 0 Å². The molecule has 0 aliphatic carbocycles. The molecule has 2 amide bonds. The summed E-state index contributed by atoms with van der Waals surface area (Å²) in [6.45, 7) is -0.556. The van der Waals surface area contributed by atoms with Gasteiger partial charge in [0.15, 0.2) is 6.61 Å². The second-order valence-electron chi connectivity index (χ2n) is 2.37. The molecule has 3 N–H and O–H groups in total. The van der Waals surface area contributed by atoms with Gasteiger partial charge in [-0.05, 0) is 0 Å². The van der Waals surface area contributed by atoms with Crippen LogP contribution in [0.25, 0.3) is 0 Å². The molecule has 0 radical (unpaired) electrons. The highest BCUT2D eigenvalue weighted by atomic mass is 16.7. The van der Waals surface area contributed by atoms with Crippen molar-refractivity contribution in [2.45, 2.75) is 6.42 Å². The Morgan fingerprint density at radius 3 is 2.53 bits per heavy atom. The number of amides is 2. The predicted molar refractivity (Wildman–Crippen MR) is 46.8 cm³/mol. The Bertz CT molecular complexity index is 242. The largest absolute Gasteiger partial charge is 0.479 e. The maximum Gasteiger partial charge on any atom is 0.338 e. The van der Waals surface area contributed by atoms with Crippen molar-refractivity contribution >= 4 is 18.0 Å². The fourth-order valence-corrected chi connectivity index (χ4v) is 0.580. The molecule has 0 unspecified atom stereocenters. The predicted octanol–water partition coefficient (Wildman–Crippen LogP) is -1.14. The number of ether oxygens (including phenoxy) is 1. The highest BCUT2D eigenvalue weighted by Gasteiger charge is 2.04. The Balaban J connectivity index is 3.41. The number of carbonyl (C=O) groups is 3. The van der Waals surface area contributed by atoms with Crippen molar-refractivity contribution in [1.29, 1.82) is 0 Å². The van der Waals surface area contributed by atoms with Crippen LogP contribution in [0.1, 0.15) is 6.42 Å². The van der Waals surface area contributed by atoms with Crippen molar-refractivity contribution in [2.75, 3.05) is 20.3 Å². The van der Waals surface area contributed by atoms with Gasteiger partial charge < -0.3 is 15.2 Å². The molecule has 15 heavy (non-hydrogen) atoms. The summed E-state index contributed by atoms with van der Waals surface area (Å²) in [5.41, 5.74) is 1.82. The van der Waals surface area contributed by atoms with Gasteiger partial charge in [0.1, 0.15) is 0 Å². The van der Waals surface area contributed by atoms with Crippen LogP contribution in [0.4, 0.5) is 4.79 Å². The molecule has 0 bridgehead atoms. The molecule has 0 saturated carbocycles. The van der Waals surface area contributed by atoms with E-state index in [0.717, 1.165) is 0 Å². The number of carboxylic acid groups (broad SMARTS) is 1. The molecule has 0 spiro atoms. The zero-order valence-electron chi connectivity index (χ0n) is 8.11. The number of hydrogen-bond donors (Lipinski definition) is 3. The molecule has 0 aromatic rings. The average molecular weight is 220 g/mol. The maximum atomic E-state index is 10.8. The first-order chi connectivity index (χ1) is 7.06. The van der Waals surface area contributed by atoms with Crippen LogP contribution in [0.3, 0.4) is 0 Å². The van der Waals surface area contributed by atoms with Crippen LogP contribution in [0.2, 0.25) is 0 Å². The number of carbonyl (C=O) groups excluding carboxylic acids is 2. The lowest BCUT2D eigenvalue weighted by atomic mass is 10.4. The van der Waals surface area contributed by atoms with E-state index in [-0.39, 0.29) is 13.0 Å². The molecule has 0 atom stereocenters. The topological polar surface area (TPSA) is 114 Å². The van der Waals surface area contributed by atoms with Crippen molar-refractivity contribution in [3.63, 3.8) is 0 Å². The second kappa shape index (κ2) is 7.56. The van der Waals surface area contributed by atoms with Crippen LogP contribution >= 0.6 is 0 Å². The van der Waals surface area contributed by atoms with E-state index in [4.69, 9.17) is 5.11 Å². The van der Waals surface area contributed by atoms with Crippen molar-refractivity contribution in [1.82, 2.24) is 10.8 Å². The highest BCUT2D eigenvalue weighted by molar-refractivity contribution is 5.75. The third kappa shape index (κ3) is 8.50. The first-order valence-electron chi connectivity index (χ1n) is 4.00. The molecule has 8 nitrogen and oxygen atoms in total. The van der Waals surface area contributed by atoms with E-state index < -0.39 is 24.6 Å². The molecular weight excluding hydrogens is 208 g/mol. The van der Waals surface area contributed by atoms with Crippen LogP contribution in [0, 0.1) is 0 Å². The molecule has 0 aromatic carbocycles. The van der Waals surface area contributed by atoms with Crippen molar-refractivity contribution < 1.29 is 29.1 Å². The SMILES string of the molecule is COC(=O)CCNC(=O)NOCC(=O)O. The first-order valence-corrected chi connectivity index (χ1v) is 4.00. The Morgan fingerprint density at radius 2 is 2.00 bits per heavy atom. The molecular formula is C7H12N2O6. The van der Waals surface area contributed by atoms with Gasteiger partial charge in [0.25, 0.3) is 0 Å². The number of nitrogens with one attached hydrogen (secondary N) is 2. The third-order valence-electron chi connectivity index (χ3n) is 1.20. The number of aliphatic carboxylic acids is 1. The lowest BCUT2D eigenvalue weighted by Gasteiger charge is -2.05. The summed E-state index contributed by atoms with van der Waals surface area (Å²) < 4.78 is 4.33. The van der Waals surface area contributed by atoms with Gasteiger partial charge in [0, 0.05) is 6.54 Å². The van der Waals surface area contributed by atoms with Crippen LogP contribution in [0.5, 0.6) is 0 Å². The number of carboxylic acids is 1. The van der Waals surface area contributed by atoms with Gasteiger partial charge in [0.05, 0.1) is 13.5 Å². The lowest BCUT2D eigenvalue weighted by Crippen LogP contribution is -2.37. The summed E-state index contributed by atoms with van der Waals surface area (Å²) in [6, 6.07) is -0.722. The summed E-state index contributed by atoms with van der Waals surface area (Å²) in [4.78, 5) is 35.6. The van der Waals surface area contributed by atoms with Gasteiger partial charge in [-0.25, -0.2) is 15.1 Å². The van der Waals surface area contributed by atoms with E-state index in [0.29, 0.717) is 0 Å². The minimum Gasteiger partial charge on any atom is -0.479 e. The van der Waals surface area contributed by atoms with E-state index in [1.807, 2.05) is 5.48 Å². The maximum absolute atomic E-state index is 10.8. The monoisotopic (exact) mass is 220 g/mol. The number of methoxy groups -OCH3 is 1. The molecule has 8 heteroatoms. The van der Waals surface area contributed by atoms with E-state index in [9.17, 15) is 14.4 Å². The van der Waals surface area contributed by atoms with E-state index in [1.165, 1.54) is 7.11 Å². The summed E-state index contributed by atoms with van der Waals surface area (Å²) in [5.74, 6) is -1.66. The van der Waals surface area contributed by atoms with Gasteiger partial charge >= 0.3 is 18.0 Å². The van der Waals surface area contributed by atoms with Crippen molar-refractivity contribution in [3.8, 4) is 0 Å². The smallest absolute Gasteiger partial charge is 0.338 e. The number of hydroxylamine groups is 1. The van der Waals surface area contributed by atoms with Gasteiger partial charge in [-0.1, -0.05) is 0 Å². The number of esters is 1. The zero-order chi connectivity index (χ0) is 11.7. The van der Waals surface area contributed by atoms with Crippen LogP contribution in [-0.4, -0.2) is 43.3 Å². The highest BCUT2D eigenvalue weighted by Crippen LogP contribution is 1.81. The minimum absolute atomic E-state index is 0.0306. The van der Waals surface area contributed by atoms with Crippen molar-refractivity contribution in [2.24, 2.45) is 0 Å². The lowest BCUT2D eigenvalue weighted by molar-refractivity contribution is -0.144. The van der Waals surface area contributed by atoms with Crippen LogP contribution in [-0.2, 0) is 19.2 Å². The number of urea groups is 1. The van der Waals surface area contributed by atoms with Crippen LogP contribution in [0.15, 0.2) is 0 Å². The Hall–Kier alpha value is -1.83. The average Bonchev–Trinajstić information content (AvgIpc) is 2.17. The van der Waals surface area contributed by atoms with Crippen LogP contribution < -0.4 is 10.8 Å². The second-order valence-corrected chi connectivity index (χ2v) is 2.37. The summed E-state index contributed by atoms with van der Waals surface area (Å²) in [7, 11) is 1.23. The molecule has 0 heterocycles. The van der Waals surface area contributed by atoms with Crippen molar-refractivity contribution in [3.05, 3.63) is 0 Å². The third-order valence-corrected chi connectivity index (χ3v) is 1.20. The minimum atomic E-state index is -1.20. The van der Waals surface area contributed by atoms with Gasteiger partial charge in [0.2, 0.25) is 0 Å². The fraction of sp³-hybridized carbons (Fsp3) is 0.571. The first kappa shape index (κ1) is 13.2. The molecule has 0 aliphatic rings. The Morgan fingerprint density at radius 1 is 1.33 bits per heavy atom.